The Morgan fingerprint density at radius 3 is 2.27 bits per heavy atom. The van der Waals surface area contributed by atoms with Gasteiger partial charge in [-0.05, 0) is 53.6 Å². The number of fused-ring (bicyclic) bond motifs is 1. The topological polar surface area (TPSA) is 23.8 Å². The molecule has 0 heterocycles. The zero-order valence-corrected chi connectivity index (χ0v) is 13.6. The summed E-state index contributed by atoms with van der Waals surface area (Å²) in [4.78, 5) is 0. The monoisotopic (exact) mass is 355 g/mol. The number of allylic oxidation sites excluding steroid dienone is 1. The van der Waals surface area contributed by atoms with Gasteiger partial charge in [-0.2, -0.15) is 5.26 Å². The van der Waals surface area contributed by atoms with Crippen molar-refractivity contribution in [2.24, 2.45) is 0 Å². The number of hydrogen-bond donors (Lipinski definition) is 0. The zero-order valence-electron chi connectivity index (χ0n) is 13.6. The van der Waals surface area contributed by atoms with Crippen molar-refractivity contribution < 1.29 is 17.6 Å². The molecule has 0 atom stereocenters. The first kappa shape index (κ1) is 17.7. The Morgan fingerprint density at radius 1 is 0.962 bits per heavy atom. The maximum atomic E-state index is 14.4. The smallest absolute Gasteiger partial charge is 0.151 e. The van der Waals surface area contributed by atoms with Gasteiger partial charge in [0.25, 0.3) is 0 Å². The average molecular weight is 355 g/mol. The van der Waals surface area contributed by atoms with Gasteiger partial charge in [-0.15, -0.1) is 6.58 Å². The molecule has 0 saturated heterocycles. The molecule has 26 heavy (non-hydrogen) atoms. The maximum Gasteiger partial charge on any atom is 0.151 e. The summed E-state index contributed by atoms with van der Waals surface area (Å²) in [7, 11) is 0. The van der Waals surface area contributed by atoms with Crippen LogP contribution in [0.1, 0.15) is 17.5 Å². The first-order valence-electron chi connectivity index (χ1n) is 7.87. The number of aryl methyl sites for hydroxylation is 1. The molecule has 1 nitrogen and oxygen atoms in total. The van der Waals surface area contributed by atoms with Gasteiger partial charge in [-0.1, -0.05) is 18.2 Å². The fraction of sp³-hybridized carbons (Fsp3) is 0.0952. The van der Waals surface area contributed by atoms with E-state index in [4.69, 9.17) is 5.26 Å². The van der Waals surface area contributed by atoms with E-state index < -0.39 is 28.8 Å². The Labute approximate surface area is 147 Å². The number of halogens is 4. The molecule has 0 bridgehead atoms. The largest absolute Gasteiger partial charge is 0.206 e. The maximum absolute atomic E-state index is 14.4. The van der Waals surface area contributed by atoms with Crippen LogP contribution < -0.4 is 0 Å². The minimum absolute atomic E-state index is 0.00937. The van der Waals surface area contributed by atoms with E-state index in [2.05, 4.69) is 6.58 Å². The summed E-state index contributed by atoms with van der Waals surface area (Å²) in [6, 6.07) is 8.86. The summed E-state index contributed by atoms with van der Waals surface area (Å²) < 4.78 is 56.9. The van der Waals surface area contributed by atoms with Gasteiger partial charge in [0.15, 0.2) is 5.82 Å². The predicted molar refractivity (Wildman–Crippen MR) is 92.4 cm³/mol. The first-order valence-corrected chi connectivity index (χ1v) is 7.87. The van der Waals surface area contributed by atoms with Crippen molar-refractivity contribution in [1.29, 1.82) is 5.26 Å². The minimum atomic E-state index is -1.02. The standard InChI is InChI=1S/C21H13F4N/c1-2-3-4-12-7-18(23)20(19(24)8-12)13-5-6-15-14(9-13)10-17(22)16(11-26)21(15)25/h2,5-10H,1,3-4H2. The van der Waals surface area contributed by atoms with Crippen LogP contribution in [0.5, 0.6) is 0 Å². The number of rotatable bonds is 4. The predicted octanol–water partition coefficient (Wildman–Crippen LogP) is 6.05. The molecule has 130 valence electrons. The molecule has 0 amide bonds. The highest BCUT2D eigenvalue weighted by atomic mass is 19.1. The molecular formula is C21H13F4N. The van der Waals surface area contributed by atoms with Gasteiger partial charge in [-0.3, -0.25) is 0 Å². The Hall–Kier alpha value is -3.13. The summed E-state index contributed by atoms with van der Waals surface area (Å²) in [6.45, 7) is 3.57. The van der Waals surface area contributed by atoms with E-state index in [1.165, 1.54) is 36.4 Å². The number of nitriles is 1. The second kappa shape index (κ2) is 7.01. The summed E-state index contributed by atoms with van der Waals surface area (Å²) in [5.41, 5.74) is -0.292. The zero-order chi connectivity index (χ0) is 18.8. The van der Waals surface area contributed by atoms with E-state index in [-0.39, 0.29) is 21.9 Å². The van der Waals surface area contributed by atoms with Crippen molar-refractivity contribution in [3.05, 3.63) is 83.4 Å². The van der Waals surface area contributed by atoms with Gasteiger partial charge in [-0.25, -0.2) is 17.6 Å². The van der Waals surface area contributed by atoms with Crippen molar-refractivity contribution in [3.63, 3.8) is 0 Å². The normalized spacial score (nSPS) is 10.7. The van der Waals surface area contributed by atoms with Gasteiger partial charge in [0.05, 0.1) is 5.56 Å². The SMILES string of the molecule is C=CCCc1cc(F)c(-c2ccc3c(F)c(C#N)c(F)cc3c2)c(F)c1. The lowest BCUT2D eigenvalue weighted by molar-refractivity contribution is 0.585. The van der Waals surface area contributed by atoms with E-state index in [9.17, 15) is 17.6 Å². The van der Waals surface area contributed by atoms with Crippen LogP contribution in [0.15, 0.2) is 49.1 Å². The molecule has 3 aromatic carbocycles. The summed E-state index contributed by atoms with van der Waals surface area (Å²) in [6.07, 6.45) is 2.71. The first-order chi connectivity index (χ1) is 12.5. The lowest BCUT2D eigenvalue weighted by atomic mass is 9.97. The van der Waals surface area contributed by atoms with Gasteiger partial charge in [0, 0.05) is 5.39 Å². The van der Waals surface area contributed by atoms with Gasteiger partial charge < -0.3 is 0 Å². The molecule has 5 heteroatoms. The van der Waals surface area contributed by atoms with Crippen LogP contribution in [0.4, 0.5) is 17.6 Å². The van der Waals surface area contributed by atoms with Crippen molar-refractivity contribution >= 4 is 10.8 Å². The Morgan fingerprint density at radius 2 is 1.65 bits per heavy atom. The third-order valence-electron chi connectivity index (χ3n) is 4.17. The lowest BCUT2D eigenvalue weighted by Gasteiger charge is -2.10. The Balaban J connectivity index is 2.15. The molecule has 0 radical (unpaired) electrons. The van der Waals surface area contributed by atoms with Crippen molar-refractivity contribution in [3.8, 4) is 17.2 Å². The summed E-state index contributed by atoms with van der Waals surface area (Å²) >= 11 is 0. The van der Waals surface area contributed by atoms with Crippen molar-refractivity contribution in [2.75, 3.05) is 0 Å². The van der Waals surface area contributed by atoms with Crippen LogP contribution in [-0.2, 0) is 6.42 Å². The number of benzene rings is 3. The second-order valence-corrected chi connectivity index (χ2v) is 5.86. The fourth-order valence-electron chi connectivity index (χ4n) is 2.90. The Bertz CT molecular complexity index is 1040. The van der Waals surface area contributed by atoms with E-state index in [0.717, 1.165) is 6.07 Å². The van der Waals surface area contributed by atoms with Gasteiger partial charge in [0.1, 0.15) is 29.1 Å². The van der Waals surface area contributed by atoms with Gasteiger partial charge in [0.2, 0.25) is 0 Å². The molecule has 0 fully saturated rings. The third-order valence-corrected chi connectivity index (χ3v) is 4.17. The van der Waals surface area contributed by atoms with E-state index >= 15 is 0 Å². The molecule has 3 aromatic rings. The molecule has 0 N–H and O–H groups in total. The minimum Gasteiger partial charge on any atom is -0.206 e. The van der Waals surface area contributed by atoms with Crippen LogP contribution in [-0.4, -0.2) is 0 Å². The van der Waals surface area contributed by atoms with Crippen LogP contribution in [0.25, 0.3) is 21.9 Å². The molecule has 0 saturated carbocycles. The quantitative estimate of drug-likeness (QED) is 0.413. The Kier molecular flexibility index (Phi) is 4.77. The lowest BCUT2D eigenvalue weighted by Crippen LogP contribution is -1.96. The van der Waals surface area contributed by atoms with Crippen LogP contribution in [0.3, 0.4) is 0 Å². The van der Waals surface area contributed by atoms with E-state index in [0.29, 0.717) is 18.4 Å². The third kappa shape index (κ3) is 3.06. The molecule has 0 aromatic heterocycles. The average Bonchev–Trinajstić information content (AvgIpc) is 2.59. The number of hydrogen-bond acceptors (Lipinski definition) is 1. The fourth-order valence-corrected chi connectivity index (χ4v) is 2.90. The second-order valence-electron chi connectivity index (χ2n) is 5.86. The number of nitrogens with zero attached hydrogens (tertiary/aromatic N) is 1. The highest BCUT2D eigenvalue weighted by Gasteiger charge is 2.17. The molecule has 0 aliphatic rings. The highest BCUT2D eigenvalue weighted by molar-refractivity contribution is 5.89. The van der Waals surface area contributed by atoms with E-state index in [1.807, 2.05) is 0 Å². The van der Waals surface area contributed by atoms with Crippen LogP contribution in [0, 0.1) is 34.6 Å². The molecule has 0 unspecified atom stereocenters. The molecule has 3 rings (SSSR count). The molecular weight excluding hydrogens is 342 g/mol. The van der Waals surface area contributed by atoms with Crippen molar-refractivity contribution in [1.82, 2.24) is 0 Å². The van der Waals surface area contributed by atoms with Crippen LogP contribution in [0.2, 0.25) is 0 Å². The molecule has 0 aliphatic heterocycles. The van der Waals surface area contributed by atoms with E-state index in [1.54, 1.807) is 6.08 Å². The van der Waals surface area contributed by atoms with Crippen LogP contribution >= 0.6 is 0 Å². The molecule has 0 aliphatic carbocycles. The summed E-state index contributed by atoms with van der Waals surface area (Å²) in [5.74, 6) is -3.51. The summed E-state index contributed by atoms with van der Waals surface area (Å²) in [5, 5.41) is 8.94. The highest BCUT2D eigenvalue weighted by Crippen LogP contribution is 2.32. The van der Waals surface area contributed by atoms with Crippen molar-refractivity contribution in [2.45, 2.75) is 12.8 Å². The molecule has 0 spiro atoms. The van der Waals surface area contributed by atoms with Gasteiger partial charge >= 0.3 is 0 Å².